The maximum atomic E-state index is 13.0. The van der Waals surface area contributed by atoms with E-state index in [2.05, 4.69) is 10.3 Å². The lowest BCUT2D eigenvalue weighted by Crippen LogP contribution is -2.14. The first-order valence-electron chi connectivity index (χ1n) is 5.44. The van der Waals surface area contributed by atoms with Gasteiger partial charge in [-0.15, -0.1) is 0 Å². The SMILES string of the molecule is Nc1ccc(NC(=O)c2ccc(F)cc2[N+](=O)[O-])cn1. The molecule has 1 aromatic heterocycles. The Kier molecular flexibility index (Phi) is 3.56. The number of hydrogen-bond acceptors (Lipinski definition) is 5. The zero-order chi connectivity index (χ0) is 14.7. The minimum atomic E-state index is -0.820. The Morgan fingerprint density at radius 2 is 2.10 bits per heavy atom. The molecule has 20 heavy (non-hydrogen) atoms. The monoisotopic (exact) mass is 276 g/mol. The lowest BCUT2D eigenvalue weighted by molar-refractivity contribution is -0.385. The number of nitrogens with one attached hydrogen (secondary N) is 1. The van der Waals surface area contributed by atoms with E-state index in [0.29, 0.717) is 11.8 Å². The standard InChI is InChI=1S/C12H9FN4O3/c13-7-1-3-9(10(5-7)17(19)20)12(18)16-8-2-4-11(14)15-6-8/h1-6H,(H2,14,15)(H,16,18). The van der Waals surface area contributed by atoms with Gasteiger partial charge in [0.25, 0.3) is 11.6 Å². The topological polar surface area (TPSA) is 111 Å². The zero-order valence-corrected chi connectivity index (χ0v) is 10.0. The maximum Gasteiger partial charge on any atom is 0.285 e. The minimum Gasteiger partial charge on any atom is -0.384 e. The van der Waals surface area contributed by atoms with Crippen LogP contribution in [0, 0.1) is 15.9 Å². The Morgan fingerprint density at radius 1 is 1.35 bits per heavy atom. The Hall–Kier alpha value is -3.03. The largest absolute Gasteiger partial charge is 0.384 e. The van der Waals surface area contributed by atoms with Gasteiger partial charge in [0, 0.05) is 0 Å². The first-order valence-corrected chi connectivity index (χ1v) is 5.44. The first kappa shape index (κ1) is 13.4. The summed E-state index contributed by atoms with van der Waals surface area (Å²) >= 11 is 0. The number of nitro benzene ring substituents is 1. The Balaban J connectivity index is 2.29. The highest BCUT2D eigenvalue weighted by Crippen LogP contribution is 2.21. The summed E-state index contributed by atoms with van der Waals surface area (Å²) in [5.41, 5.74) is 4.87. The second-order valence-electron chi connectivity index (χ2n) is 3.84. The molecule has 0 aliphatic rings. The molecule has 0 atom stereocenters. The van der Waals surface area contributed by atoms with Crippen molar-refractivity contribution in [2.75, 3.05) is 11.1 Å². The molecule has 0 saturated carbocycles. The van der Waals surface area contributed by atoms with Crippen molar-refractivity contribution < 1.29 is 14.1 Å². The summed E-state index contributed by atoms with van der Waals surface area (Å²) in [7, 11) is 0. The molecule has 102 valence electrons. The molecular weight excluding hydrogens is 267 g/mol. The highest BCUT2D eigenvalue weighted by molar-refractivity contribution is 6.07. The van der Waals surface area contributed by atoms with Crippen molar-refractivity contribution in [1.29, 1.82) is 0 Å². The van der Waals surface area contributed by atoms with Gasteiger partial charge in [-0.25, -0.2) is 9.37 Å². The van der Waals surface area contributed by atoms with E-state index in [1.165, 1.54) is 18.3 Å². The smallest absolute Gasteiger partial charge is 0.285 e. The molecular formula is C12H9FN4O3. The Bertz CT molecular complexity index is 673. The van der Waals surface area contributed by atoms with Crippen LogP contribution in [0.4, 0.5) is 21.6 Å². The van der Waals surface area contributed by atoms with Crippen LogP contribution in [-0.4, -0.2) is 15.8 Å². The van der Waals surface area contributed by atoms with Crippen molar-refractivity contribution in [3.63, 3.8) is 0 Å². The van der Waals surface area contributed by atoms with Crippen LogP contribution in [0.1, 0.15) is 10.4 Å². The number of anilines is 2. The van der Waals surface area contributed by atoms with E-state index >= 15 is 0 Å². The van der Waals surface area contributed by atoms with Gasteiger partial charge in [0.15, 0.2) is 0 Å². The van der Waals surface area contributed by atoms with Crippen LogP contribution >= 0.6 is 0 Å². The van der Waals surface area contributed by atoms with Crippen LogP contribution in [0.15, 0.2) is 36.5 Å². The van der Waals surface area contributed by atoms with Crippen molar-refractivity contribution in [3.8, 4) is 0 Å². The summed E-state index contributed by atoms with van der Waals surface area (Å²) in [6, 6.07) is 5.68. The van der Waals surface area contributed by atoms with Crippen LogP contribution in [0.25, 0.3) is 0 Å². The van der Waals surface area contributed by atoms with Gasteiger partial charge in [0.1, 0.15) is 17.2 Å². The third-order valence-electron chi connectivity index (χ3n) is 2.45. The third-order valence-corrected chi connectivity index (χ3v) is 2.45. The number of carbonyl (C=O) groups is 1. The molecule has 0 bridgehead atoms. The molecule has 2 rings (SSSR count). The number of pyridine rings is 1. The van der Waals surface area contributed by atoms with Crippen LogP contribution in [0.3, 0.4) is 0 Å². The Morgan fingerprint density at radius 3 is 2.70 bits per heavy atom. The van der Waals surface area contributed by atoms with Crippen molar-refractivity contribution in [1.82, 2.24) is 4.98 Å². The van der Waals surface area contributed by atoms with Crippen molar-refractivity contribution in [2.45, 2.75) is 0 Å². The first-order chi connectivity index (χ1) is 9.47. The van der Waals surface area contributed by atoms with Gasteiger partial charge in [-0.3, -0.25) is 14.9 Å². The number of benzene rings is 1. The van der Waals surface area contributed by atoms with Crippen molar-refractivity contribution in [3.05, 3.63) is 58.0 Å². The number of hydrogen-bond donors (Lipinski definition) is 2. The fourth-order valence-corrected chi connectivity index (χ4v) is 1.53. The lowest BCUT2D eigenvalue weighted by Gasteiger charge is -2.05. The number of nitrogens with two attached hydrogens (primary N) is 1. The van der Waals surface area contributed by atoms with E-state index in [9.17, 15) is 19.3 Å². The van der Waals surface area contributed by atoms with E-state index in [4.69, 9.17) is 5.73 Å². The van der Waals surface area contributed by atoms with Gasteiger partial charge < -0.3 is 11.1 Å². The van der Waals surface area contributed by atoms with Gasteiger partial charge in [0.05, 0.1) is 22.9 Å². The molecule has 0 spiro atoms. The second-order valence-corrected chi connectivity index (χ2v) is 3.84. The number of aromatic nitrogens is 1. The number of nitro groups is 1. The molecule has 1 aromatic carbocycles. The summed E-state index contributed by atoms with van der Waals surface area (Å²) in [5.74, 6) is -1.25. The van der Waals surface area contributed by atoms with Crippen LogP contribution in [-0.2, 0) is 0 Å². The third kappa shape index (κ3) is 2.86. The van der Waals surface area contributed by atoms with E-state index in [1.807, 2.05) is 0 Å². The summed E-state index contributed by atoms with van der Waals surface area (Å²) in [6.07, 6.45) is 1.31. The number of rotatable bonds is 3. The highest BCUT2D eigenvalue weighted by Gasteiger charge is 2.21. The highest BCUT2D eigenvalue weighted by atomic mass is 19.1. The Labute approximate surface area is 112 Å². The molecule has 0 radical (unpaired) electrons. The van der Waals surface area contributed by atoms with Gasteiger partial charge >= 0.3 is 0 Å². The molecule has 0 fully saturated rings. The van der Waals surface area contributed by atoms with Gasteiger partial charge in [-0.05, 0) is 24.3 Å². The van der Waals surface area contributed by atoms with Crippen molar-refractivity contribution in [2.24, 2.45) is 0 Å². The van der Waals surface area contributed by atoms with Crippen LogP contribution in [0.5, 0.6) is 0 Å². The quantitative estimate of drug-likeness (QED) is 0.657. The molecule has 8 heteroatoms. The molecule has 7 nitrogen and oxygen atoms in total. The average Bonchev–Trinajstić information content (AvgIpc) is 2.41. The fourth-order valence-electron chi connectivity index (χ4n) is 1.53. The summed E-state index contributed by atoms with van der Waals surface area (Å²) in [5, 5.41) is 13.2. The summed E-state index contributed by atoms with van der Waals surface area (Å²) in [6.45, 7) is 0. The number of nitrogens with zero attached hydrogens (tertiary/aromatic N) is 2. The molecule has 1 amide bonds. The zero-order valence-electron chi connectivity index (χ0n) is 10.0. The molecule has 0 unspecified atom stereocenters. The second kappa shape index (κ2) is 5.31. The molecule has 2 aromatic rings. The lowest BCUT2D eigenvalue weighted by atomic mass is 10.1. The minimum absolute atomic E-state index is 0.242. The molecule has 1 heterocycles. The van der Waals surface area contributed by atoms with Crippen molar-refractivity contribution >= 4 is 23.1 Å². The average molecular weight is 276 g/mol. The molecule has 0 aliphatic carbocycles. The predicted octanol–water partition coefficient (Wildman–Crippen LogP) is 1.96. The van der Waals surface area contributed by atoms with E-state index in [-0.39, 0.29) is 11.4 Å². The van der Waals surface area contributed by atoms with Crippen LogP contribution < -0.4 is 11.1 Å². The number of nitrogen functional groups attached to an aromatic ring is 1. The number of carbonyl (C=O) groups excluding carboxylic acids is 1. The van der Waals surface area contributed by atoms with E-state index in [0.717, 1.165) is 12.1 Å². The molecule has 0 saturated heterocycles. The summed E-state index contributed by atoms with van der Waals surface area (Å²) < 4.78 is 13.0. The number of amides is 1. The number of halogens is 1. The maximum absolute atomic E-state index is 13.0. The van der Waals surface area contributed by atoms with Gasteiger partial charge in [0.2, 0.25) is 0 Å². The van der Waals surface area contributed by atoms with Crippen LogP contribution in [0.2, 0.25) is 0 Å². The normalized spacial score (nSPS) is 10.1. The van der Waals surface area contributed by atoms with Gasteiger partial charge in [-0.2, -0.15) is 0 Å². The molecule has 3 N–H and O–H groups in total. The fraction of sp³-hybridized carbons (Fsp3) is 0. The van der Waals surface area contributed by atoms with Gasteiger partial charge in [-0.1, -0.05) is 0 Å². The predicted molar refractivity (Wildman–Crippen MR) is 69.7 cm³/mol. The molecule has 0 aliphatic heterocycles. The van der Waals surface area contributed by atoms with E-state index < -0.39 is 22.3 Å². The summed E-state index contributed by atoms with van der Waals surface area (Å²) in [4.78, 5) is 25.7. The van der Waals surface area contributed by atoms with E-state index in [1.54, 1.807) is 0 Å².